The Morgan fingerprint density at radius 3 is 2.71 bits per heavy atom. The number of piperidine rings is 1. The monoisotopic (exact) mass is 228 g/mol. The fraction of sp³-hybridized carbons (Fsp3) is 0.467. The molecule has 2 heterocycles. The summed E-state index contributed by atoms with van der Waals surface area (Å²) in [5, 5.41) is 1.36. The summed E-state index contributed by atoms with van der Waals surface area (Å²) in [5.41, 5.74) is 2.81. The standard InChI is InChI=1S/C15H20N2/c1-16-10-6-5-9-14(16)15-11-12-7-3-4-8-13(12)17(15)2/h3-4,7-8,11,14H,5-6,9-10H2,1-2H3. The summed E-state index contributed by atoms with van der Waals surface area (Å²) >= 11 is 0. The molecule has 0 amide bonds. The van der Waals surface area contributed by atoms with Crippen LogP contribution in [-0.2, 0) is 7.05 Å². The van der Waals surface area contributed by atoms with Gasteiger partial charge >= 0.3 is 0 Å². The summed E-state index contributed by atoms with van der Waals surface area (Å²) in [4.78, 5) is 2.50. The van der Waals surface area contributed by atoms with Crippen LogP contribution in [0.1, 0.15) is 31.0 Å². The maximum atomic E-state index is 2.50. The maximum absolute atomic E-state index is 2.50. The van der Waals surface area contributed by atoms with Gasteiger partial charge < -0.3 is 4.57 Å². The summed E-state index contributed by atoms with van der Waals surface area (Å²) in [6, 6.07) is 11.6. The van der Waals surface area contributed by atoms with Crippen LogP contribution in [0.2, 0.25) is 0 Å². The van der Waals surface area contributed by atoms with Crippen molar-refractivity contribution in [3.63, 3.8) is 0 Å². The molecule has 1 aromatic heterocycles. The lowest BCUT2D eigenvalue weighted by molar-refractivity contribution is 0.181. The van der Waals surface area contributed by atoms with Crippen molar-refractivity contribution in [3.8, 4) is 0 Å². The van der Waals surface area contributed by atoms with Crippen LogP contribution >= 0.6 is 0 Å². The first-order valence-electron chi connectivity index (χ1n) is 6.52. The van der Waals surface area contributed by atoms with Gasteiger partial charge in [0.1, 0.15) is 0 Å². The van der Waals surface area contributed by atoms with Crippen molar-refractivity contribution >= 4 is 10.9 Å². The van der Waals surface area contributed by atoms with Gasteiger partial charge in [0.2, 0.25) is 0 Å². The van der Waals surface area contributed by atoms with Gasteiger partial charge in [0, 0.05) is 24.3 Å². The van der Waals surface area contributed by atoms with E-state index in [9.17, 15) is 0 Å². The van der Waals surface area contributed by atoms with Crippen LogP contribution in [0.4, 0.5) is 0 Å². The molecule has 0 spiro atoms. The zero-order valence-corrected chi connectivity index (χ0v) is 10.7. The largest absolute Gasteiger partial charge is 0.346 e. The lowest BCUT2D eigenvalue weighted by Gasteiger charge is -2.32. The average molecular weight is 228 g/mol. The van der Waals surface area contributed by atoms with E-state index in [4.69, 9.17) is 0 Å². The Balaban J connectivity index is 2.07. The number of para-hydroxylation sites is 1. The minimum Gasteiger partial charge on any atom is -0.346 e. The molecule has 0 aliphatic carbocycles. The molecule has 3 rings (SSSR count). The number of rotatable bonds is 1. The minimum atomic E-state index is 0.598. The average Bonchev–Trinajstić information content (AvgIpc) is 2.68. The highest BCUT2D eigenvalue weighted by atomic mass is 15.2. The third-order valence-electron chi connectivity index (χ3n) is 4.10. The zero-order chi connectivity index (χ0) is 11.8. The van der Waals surface area contributed by atoms with Gasteiger partial charge in [0.25, 0.3) is 0 Å². The van der Waals surface area contributed by atoms with Crippen LogP contribution in [0.3, 0.4) is 0 Å². The number of fused-ring (bicyclic) bond motifs is 1. The number of benzene rings is 1. The van der Waals surface area contributed by atoms with Gasteiger partial charge in [-0.3, -0.25) is 4.90 Å². The Bertz CT molecular complexity index is 527. The van der Waals surface area contributed by atoms with E-state index in [1.54, 1.807) is 0 Å². The second-order valence-corrected chi connectivity index (χ2v) is 5.18. The number of nitrogens with zero attached hydrogens (tertiary/aromatic N) is 2. The molecule has 1 fully saturated rings. The van der Waals surface area contributed by atoms with E-state index in [0.717, 1.165) is 0 Å². The van der Waals surface area contributed by atoms with Gasteiger partial charge in [0.05, 0.1) is 0 Å². The van der Waals surface area contributed by atoms with Crippen molar-refractivity contribution in [1.29, 1.82) is 0 Å². The number of aryl methyl sites for hydroxylation is 1. The first-order valence-corrected chi connectivity index (χ1v) is 6.52. The molecule has 0 saturated carbocycles. The van der Waals surface area contributed by atoms with Crippen molar-refractivity contribution in [2.75, 3.05) is 13.6 Å². The Labute approximate surface area is 103 Å². The molecule has 0 radical (unpaired) electrons. The van der Waals surface area contributed by atoms with Crippen LogP contribution in [0.15, 0.2) is 30.3 Å². The predicted molar refractivity (Wildman–Crippen MR) is 72.1 cm³/mol. The summed E-state index contributed by atoms with van der Waals surface area (Å²) in [7, 11) is 4.45. The Kier molecular flexibility index (Phi) is 2.67. The van der Waals surface area contributed by atoms with E-state index < -0.39 is 0 Å². The van der Waals surface area contributed by atoms with Crippen LogP contribution in [0.25, 0.3) is 10.9 Å². The van der Waals surface area contributed by atoms with Gasteiger partial charge in [-0.05, 0) is 44.0 Å². The Morgan fingerprint density at radius 1 is 1.12 bits per heavy atom. The summed E-state index contributed by atoms with van der Waals surface area (Å²) < 4.78 is 2.36. The molecular formula is C15H20N2. The molecule has 1 saturated heterocycles. The van der Waals surface area contributed by atoms with Crippen molar-refractivity contribution in [2.45, 2.75) is 25.3 Å². The molecule has 17 heavy (non-hydrogen) atoms. The number of likely N-dealkylation sites (tertiary alicyclic amines) is 1. The van der Waals surface area contributed by atoms with Crippen molar-refractivity contribution < 1.29 is 0 Å². The Hall–Kier alpha value is -1.28. The molecule has 1 aromatic carbocycles. The van der Waals surface area contributed by atoms with E-state index in [2.05, 4.69) is 53.9 Å². The quantitative estimate of drug-likeness (QED) is 0.727. The van der Waals surface area contributed by atoms with E-state index >= 15 is 0 Å². The third kappa shape index (κ3) is 1.77. The number of aromatic nitrogens is 1. The number of hydrogen-bond acceptors (Lipinski definition) is 1. The fourth-order valence-corrected chi connectivity index (χ4v) is 3.08. The molecule has 2 nitrogen and oxygen atoms in total. The van der Waals surface area contributed by atoms with E-state index in [1.807, 2.05) is 0 Å². The third-order valence-corrected chi connectivity index (χ3v) is 4.10. The fourth-order valence-electron chi connectivity index (χ4n) is 3.08. The highest BCUT2D eigenvalue weighted by molar-refractivity contribution is 5.81. The minimum absolute atomic E-state index is 0.598. The van der Waals surface area contributed by atoms with Crippen molar-refractivity contribution in [2.24, 2.45) is 7.05 Å². The van der Waals surface area contributed by atoms with Gasteiger partial charge in [-0.25, -0.2) is 0 Å². The Morgan fingerprint density at radius 2 is 1.94 bits per heavy atom. The highest BCUT2D eigenvalue weighted by Crippen LogP contribution is 2.32. The van der Waals surface area contributed by atoms with Gasteiger partial charge in [0.15, 0.2) is 0 Å². The topological polar surface area (TPSA) is 8.17 Å². The lowest BCUT2D eigenvalue weighted by Crippen LogP contribution is -2.30. The maximum Gasteiger partial charge on any atom is 0.0497 e. The smallest absolute Gasteiger partial charge is 0.0497 e. The molecule has 0 bridgehead atoms. The van der Waals surface area contributed by atoms with Gasteiger partial charge in [-0.1, -0.05) is 24.6 Å². The normalized spacial score (nSPS) is 22.1. The second-order valence-electron chi connectivity index (χ2n) is 5.18. The van der Waals surface area contributed by atoms with E-state index in [0.29, 0.717) is 6.04 Å². The molecule has 1 aliphatic rings. The van der Waals surface area contributed by atoms with Crippen LogP contribution in [-0.4, -0.2) is 23.1 Å². The van der Waals surface area contributed by atoms with E-state index in [-0.39, 0.29) is 0 Å². The summed E-state index contributed by atoms with van der Waals surface area (Å²) in [5.74, 6) is 0. The lowest BCUT2D eigenvalue weighted by atomic mass is 10.00. The molecule has 1 unspecified atom stereocenters. The number of hydrogen-bond donors (Lipinski definition) is 0. The van der Waals surface area contributed by atoms with Crippen molar-refractivity contribution in [1.82, 2.24) is 9.47 Å². The SMILES string of the molecule is CN1CCCCC1c1cc2ccccc2n1C. The molecule has 0 N–H and O–H groups in total. The molecule has 2 heteroatoms. The van der Waals surface area contributed by atoms with Crippen LogP contribution in [0.5, 0.6) is 0 Å². The van der Waals surface area contributed by atoms with Gasteiger partial charge in [-0.15, -0.1) is 0 Å². The first kappa shape index (κ1) is 10.8. The van der Waals surface area contributed by atoms with Crippen LogP contribution < -0.4 is 0 Å². The molecular weight excluding hydrogens is 208 g/mol. The zero-order valence-electron chi connectivity index (χ0n) is 10.7. The summed E-state index contributed by atoms with van der Waals surface area (Å²) in [6.07, 6.45) is 3.99. The predicted octanol–water partition coefficient (Wildman–Crippen LogP) is 3.34. The van der Waals surface area contributed by atoms with Crippen molar-refractivity contribution in [3.05, 3.63) is 36.0 Å². The van der Waals surface area contributed by atoms with Gasteiger partial charge in [-0.2, -0.15) is 0 Å². The molecule has 90 valence electrons. The molecule has 1 atom stereocenters. The summed E-state index contributed by atoms with van der Waals surface area (Å²) in [6.45, 7) is 1.23. The first-order chi connectivity index (χ1) is 8.27. The van der Waals surface area contributed by atoms with E-state index in [1.165, 1.54) is 42.4 Å². The molecule has 1 aliphatic heterocycles. The molecule has 2 aromatic rings. The van der Waals surface area contributed by atoms with Crippen LogP contribution in [0, 0.1) is 0 Å². The second kappa shape index (κ2) is 4.19. The highest BCUT2D eigenvalue weighted by Gasteiger charge is 2.23.